The Labute approximate surface area is 101 Å². The number of urea groups is 1. The third-order valence-electron chi connectivity index (χ3n) is 3.03. The number of carbonyl (C=O) groups is 1. The number of benzene rings is 1. The number of rotatable bonds is 1. The Bertz CT molecular complexity index is 458. The number of hydrogen-bond acceptors (Lipinski definition) is 2. The number of carbonyl (C=O) groups excluding carboxylic acids is 1. The highest BCUT2D eigenvalue weighted by Crippen LogP contribution is 2.18. The molecule has 17 heavy (non-hydrogen) atoms. The quantitative estimate of drug-likeness (QED) is 0.741. The summed E-state index contributed by atoms with van der Waals surface area (Å²) in [4.78, 5) is 15.6. The summed E-state index contributed by atoms with van der Waals surface area (Å²) >= 11 is 0. The third-order valence-corrected chi connectivity index (χ3v) is 3.03. The van der Waals surface area contributed by atoms with Crippen LogP contribution in [0.15, 0.2) is 24.3 Å². The van der Waals surface area contributed by atoms with Gasteiger partial charge in [0.15, 0.2) is 0 Å². The molecule has 0 spiro atoms. The number of likely N-dealkylation sites (tertiary alicyclic amines) is 1. The zero-order chi connectivity index (χ0) is 12.3. The Kier molecular flexibility index (Phi) is 3.29. The van der Waals surface area contributed by atoms with Gasteiger partial charge in [-0.05, 0) is 31.0 Å². The number of anilines is 1. The summed E-state index contributed by atoms with van der Waals surface area (Å²) in [5, 5.41) is 8.83. The lowest BCUT2D eigenvalue weighted by Gasteiger charge is -2.24. The van der Waals surface area contributed by atoms with E-state index in [-0.39, 0.29) is 6.03 Å². The van der Waals surface area contributed by atoms with Crippen LogP contribution in [0.3, 0.4) is 0 Å². The van der Waals surface area contributed by atoms with Crippen LogP contribution in [0, 0.1) is 11.3 Å². The molecular weight excluding hydrogens is 214 g/mol. The van der Waals surface area contributed by atoms with Crippen molar-refractivity contribution in [3.63, 3.8) is 0 Å². The highest BCUT2D eigenvalue weighted by atomic mass is 16.2. The highest BCUT2D eigenvalue weighted by molar-refractivity contribution is 5.91. The molecule has 1 fully saturated rings. The molecule has 0 radical (unpaired) electrons. The maximum absolute atomic E-state index is 12.1. The van der Waals surface area contributed by atoms with Crippen molar-refractivity contribution in [2.45, 2.75) is 12.8 Å². The number of nitriles is 1. The maximum Gasteiger partial charge on any atom is 0.324 e. The first kappa shape index (κ1) is 11.5. The summed E-state index contributed by atoms with van der Waals surface area (Å²) in [7, 11) is 1.75. The van der Waals surface area contributed by atoms with Crippen molar-refractivity contribution in [2.75, 3.05) is 25.0 Å². The van der Waals surface area contributed by atoms with Gasteiger partial charge in [-0.25, -0.2) is 4.79 Å². The summed E-state index contributed by atoms with van der Waals surface area (Å²) in [5.74, 6) is 0. The minimum absolute atomic E-state index is 0.0117. The molecule has 1 heterocycles. The lowest BCUT2D eigenvalue weighted by molar-refractivity contribution is 0.217. The summed E-state index contributed by atoms with van der Waals surface area (Å²) in [6.45, 7) is 1.67. The van der Waals surface area contributed by atoms with Gasteiger partial charge in [-0.2, -0.15) is 5.26 Å². The molecule has 0 bridgehead atoms. The smallest absolute Gasteiger partial charge is 0.324 e. The molecule has 0 atom stereocenters. The average molecular weight is 229 g/mol. The molecule has 0 N–H and O–H groups in total. The van der Waals surface area contributed by atoms with Crippen LogP contribution in [0.4, 0.5) is 10.5 Å². The first-order valence-electron chi connectivity index (χ1n) is 5.75. The summed E-state index contributed by atoms with van der Waals surface area (Å²) in [6.07, 6.45) is 2.16. The second kappa shape index (κ2) is 4.88. The van der Waals surface area contributed by atoms with E-state index < -0.39 is 0 Å². The molecule has 0 aliphatic carbocycles. The maximum atomic E-state index is 12.1. The molecule has 1 saturated heterocycles. The predicted molar refractivity (Wildman–Crippen MR) is 65.8 cm³/mol. The van der Waals surface area contributed by atoms with Crippen molar-refractivity contribution in [2.24, 2.45) is 0 Å². The van der Waals surface area contributed by atoms with E-state index in [1.807, 2.05) is 11.0 Å². The topological polar surface area (TPSA) is 47.3 Å². The fourth-order valence-electron chi connectivity index (χ4n) is 2.02. The minimum atomic E-state index is 0.0117. The fourth-order valence-corrected chi connectivity index (χ4v) is 2.02. The van der Waals surface area contributed by atoms with E-state index in [1.165, 1.54) is 0 Å². The Morgan fingerprint density at radius 1 is 1.41 bits per heavy atom. The normalized spacial score (nSPS) is 14.5. The molecule has 1 aliphatic rings. The van der Waals surface area contributed by atoms with Gasteiger partial charge in [0.1, 0.15) is 0 Å². The highest BCUT2D eigenvalue weighted by Gasteiger charge is 2.22. The lowest BCUT2D eigenvalue weighted by Crippen LogP contribution is -2.39. The van der Waals surface area contributed by atoms with Crippen molar-refractivity contribution in [3.05, 3.63) is 29.8 Å². The molecule has 0 saturated carbocycles. The first-order valence-corrected chi connectivity index (χ1v) is 5.75. The molecule has 88 valence electrons. The second-order valence-corrected chi connectivity index (χ2v) is 4.20. The molecular formula is C13H15N3O. The monoisotopic (exact) mass is 229 g/mol. The Balaban J connectivity index is 2.15. The SMILES string of the molecule is CN(C(=O)N1CCCC1)c1cccc(C#N)c1. The van der Waals surface area contributed by atoms with Gasteiger partial charge in [-0.3, -0.25) is 4.90 Å². The van der Waals surface area contributed by atoms with Crippen molar-refractivity contribution < 1.29 is 4.79 Å². The van der Waals surface area contributed by atoms with Gasteiger partial charge in [0, 0.05) is 25.8 Å². The largest absolute Gasteiger partial charge is 0.324 e. The van der Waals surface area contributed by atoms with Crippen molar-refractivity contribution in [3.8, 4) is 6.07 Å². The number of amides is 2. The van der Waals surface area contributed by atoms with Crippen LogP contribution >= 0.6 is 0 Å². The van der Waals surface area contributed by atoms with Crippen molar-refractivity contribution in [1.29, 1.82) is 5.26 Å². The van der Waals surface area contributed by atoms with E-state index in [9.17, 15) is 4.79 Å². The zero-order valence-electron chi connectivity index (χ0n) is 9.89. The molecule has 0 unspecified atom stereocenters. The molecule has 2 amide bonds. The lowest BCUT2D eigenvalue weighted by atomic mass is 10.2. The number of hydrogen-bond donors (Lipinski definition) is 0. The first-order chi connectivity index (χ1) is 8.22. The van der Waals surface area contributed by atoms with Gasteiger partial charge in [0.05, 0.1) is 11.6 Å². The summed E-state index contributed by atoms with van der Waals surface area (Å²) in [5.41, 5.74) is 1.34. The van der Waals surface area contributed by atoms with E-state index in [0.717, 1.165) is 31.6 Å². The molecule has 4 heteroatoms. The predicted octanol–water partition coefficient (Wildman–Crippen LogP) is 2.21. The second-order valence-electron chi connectivity index (χ2n) is 4.20. The van der Waals surface area contributed by atoms with Crippen molar-refractivity contribution in [1.82, 2.24) is 4.90 Å². The summed E-state index contributed by atoms with van der Waals surface area (Å²) < 4.78 is 0. The molecule has 4 nitrogen and oxygen atoms in total. The zero-order valence-corrected chi connectivity index (χ0v) is 9.89. The van der Waals surface area contributed by atoms with E-state index in [0.29, 0.717) is 5.56 Å². The minimum Gasteiger partial charge on any atom is -0.324 e. The molecule has 1 aromatic rings. The van der Waals surface area contributed by atoms with Gasteiger partial charge >= 0.3 is 6.03 Å². The van der Waals surface area contributed by atoms with Crippen LogP contribution in [0.1, 0.15) is 18.4 Å². The van der Waals surface area contributed by atoms with Gasteiger partial charge in [-0.15, -0.1) is 0 Å². The third kappa shape index (κ3) is 2.39. The number of nitrogens with zero attached hydrogens (tertiary/aromatic N) is 3. The molecule has 1 aliphatic heterocycles. The van der Waals surface area contributed by atoms with Crippen LogP contribution in [0.5, 0.6) is 0 Å². The van der Waals surface area contributed by atoms with Crippen LogP contribution in [0.2, 0.25) is 0 Å². The Hall–Kier alpha value is -2.02. The van der Waals surface area contributed by atoms with E-state index >= 15 is 0 Å². The molecule has 0 aromatic heterocycles. The van der Waals surface area contributed by atoms with Gasteiger partial charge in [0.25, 0.3) is 0 Å². The standard InChI is InChI=1S/C13H15N3O/c1-15(13(17)16-7-2-3-8-16)12-6-4-5-11(9-12)10-14/h4-6,9H,2-3,7-8H2,1H3. The van der Waals surface area contributed by atoms with Crippen LogP contribution in [-0.2, 0) is 0 Å². The molecule has 1 aromatic carbocycles. The van der Waals surface area contributed by atoms with E-state index in [4.69, 9.17) is 5.26 Å². The van der Waals surface area contributed by atoms with Crippen LogP contribution in [-0.4, -0.2) is 31.1 Å². The van der Waals surface area contributed by atoms with Gasteiger partial charge in [0.2, 0.25) is 0 Å². The van der Waals surface area contributed by atoms with Crippen LogP contribution in [0.25, 0.3) is 0 Å². The Morgan fingerprint density at radius 3 is 2.76 bits per heavy atom. The van der Waals surface area contributed by atoms with Gasteiger partial charge in [-0.1, -0.05) is 6.07 Å². The van der Waals surface area contributed by atoms with Crippen molar-refractivity contribution >= 4 is 11.7 Å². The summed E-state index contributed by atoms with van der Waals surface area (Å²) in [6, 6.07) is 9.19. The van der Waals surface area contributed by atoms with E-state index in [2.05, 4.69) is 6.07 Å². The van der Waals surface area contributed by atoms with E-state index in [1.54, 1.807) is 30.1 Å². The average Bonchev–Trinajstić information content (AvgIpc) is 2.91. The molecule has 2 rings (SSSR count). The van der Waals surface area contributed by atoms with Crippen LogP contribution < -0.4 is 4.90 Å². The Morgan fingerprint density at radius 2 is 2.12 bits per heavy atom. The van der Waals surface area contributed by atoms with Gasteiger partial charge < -0.3 is 4.90 Å². The fraction of sp³-hybridized carbons (Fsp3) is 0.385.